The topological polar surface area (TPSA) is 15.3 Å². The molecule has 4 aromatic rings. The van der Waals surface area contributed by atoms with E-state index in [4.69, 9.17) is 0 Å². The van der Waals surface area contributed by atoms with Gasteiger partial charge in [-0.05, 0) is 28.8 Å². The van der Waals surface area contributed by atoms with Crippen molar-refractivity contribution in [2.75, 3.05) is 5.01 Å². The average molecular weight is 374 g/mol. The van der Waals surface area contributed by atoms with Gasteiger partial charge < -0.3 is 0 Å². The number of nitrogens with zero attached hydrogens (tertiary/aromatic N) is 1. The Balaban J connectivity index is 1.75. The van der Waals surface area contributed by atoms with Crippen molar-refractivity contribution < 1.29 is 0 Å². The van der Waals surface area contributed by atoms with Gasteiger partial charge >= 0.3 is 0 Å². The lowest BCUT2D eigenvalue weighted by atomic mass is 9.90. The normalized spacial score (nSPS) is 16.0. The van der Waals surface area contributed by atoms with Crippen LogP contribution >= 0.6 is 0 Å². The van der Waals surface area contributed by atoms with Crippen molar-refractivity contribution in [3.05, 3.63) is 138 Å². The summed E-state index contributed by atoms with van der Waals surface area (Å²) in [5.74, 6) is 0. The fraction of sp³-hybridized carbons (Fsp3) is 0.0370. The summed E-state index contributed by atoms with van der Waals surface area (Å²) in [6.07, 6.45) is 0. The third-order valence-corrected chi connectivity index (χ3v) is 5.33. The molecule has 0 spiro atoms. The van der Waals surface area contributed by atoms with Gasteiger partial charge in [0.15, 0.2) is 0 Å². The van der Waals surface area contributed by atoms with Gasteiger partial charge in [-0.15, -0.1) is 0 Å². The highest BCUT2D eigenvalue weighted by Crippen LogP contribution is 2.45. The Kier molecular flexibility index (Phi) is 4.59. The van der Waals surface area contributed by atoms with Crippen LogP contribution in [0.4, 0.5) is 5.69 Å². The Bertz CT molecular complexity index is 1100. The minimum Gasteiger partial charge on any atom is -0.296 e. The van der Waals surface area contributed by atoms with E-state index >= 15 is 0 Å². The van der Waals surface area contributed by atoms with E-state index in [2.05, 4.69) is 132 Å². The molecule has 1 unspecified atom stereocenters. The predicted octanol–water partition coefficient (Wildman–Crippen LogP) is 6.32. The summed E-state index contributed by atoms with van der Waals surface area (Å²) >= 11 is 0. The SMILES string of the molecule is c1ccc(C2=C(c3ccccc3)C(c3ccccc3)N(c3ccccc3)N2)cc1. The van der Waals surface area contributed by atoms with Gasteiger partial charge in [-0.3, -0.25) is 10.4 Å². The Morgan fingerprint density at radius 2 is 1.00 bits per heavy atom. The number of hydrogen-bond donors (Lipinski definition) is 1. The van der Waals surface area contributed by atoms with E-state index in [0.717, 1.165) is 11.4 Å². The predicted molar refractivity (Wildman–Crippen MR) is 121 cm³/mol. The van der Waals surface area contributed by atoms with Crippen LogP contribution in [0.5, 0.6) is 0 Å². The van der Waals surface area contributed by atoms with Crippen molar-refractivity contribution in [3.8, 4) is 0 Å². The first-order valence-electron chi connectivity index (χ1n) is 9.93. The fourth-order valence-electron chi connectivity index (χ4n) is 4.01. The lowest BCUT2D eigenvalue weighted by molar-refractivity contribution is 0.731. The van der Waals surface area contributed by atoms with Gasteiger partial charge in [-0.2, -0.15) is 0 Å². The quantitative estimate of drug-likeness (QED) is 0.449. The lowest BCUT2D eigenvalue weighted by Gasteiger charge is -2.29. The maximum atomic E-state index is 3.73. The Morgan fingerprint density at radius 3 is 1.59 bits per heavy atom. The summed E-state index contributed by atoms with van der Waals surface area (Å²) in [5, 5.41) is 2.28. The summed E-state index contributed by atoms with van der Waals surface area (Å²) in [5.41, 5.74) is 11.0. The smallest absolute Gasteiger partial charge is 0.103 e. The van der Waals surface area contributed by atoms with E-state index in [1.165, 1.54) is 22.3 Å². The molecule has 0 radical (unpaired) electrons. The van der Waals surface area contributed by atoms with E-state index in [0.29, 0.717) is 0 Å². The van der Waals surface area contributed by atoms with Gasteiger partial charge in [0.1, 0.15) is 6.04 Å². The first-order chi connectivity index (χ1) is 14.4. The first-order valence-corrected chi connectivity index (χ1v) is 9.93. The second-order valence-corrected chi connectivity index (χ2v) is 7.15. The van der Waals surface area contributed by atoms with Crippen LogP contribution in [0, 0.1) is 0 Å². The van der Waals surface area contributed by atoms with Crippen LogP contribution in [0.3, 0.4) is 0 Å². The summed E-state index contributed by atoms with van der Waals surface area (Å²) in [7, 11) is 0. The van der Waals surface area contributed by atoms with E-state index in [1.807, 2.05) is 0 Å². The summed E-state index contributed by atoms with van der Waals surface area (Å²) in [6, 6.07) is 42.6. The van der Waals surface area contributed by atoms with Crippen molar-refractivity contribution in [1.29, 1.82) is 0 Å². The van der Waals surface area contributed by atoms with Crippen molar-refractivity contribution >= 4 is 17.0 Å². The molecule has 29 heavy (non-hydrogen) atoms. The van der Waals surface area contributed by atoms with E-state index < -0.39 is 0 Å². The van der Waals surface area contributed by atoms with Crippen LogP contribution in [0.1, 0.15) is 22.7 Å². The van der Waals surface area contributed by atoms with Crippen LogP contribution in [-0.4, -0.2) is 0 Å². The van der Waals surface area contributed by atoms with Crippen LogP contribution in [0.15, 0.2) is 121 Å². The molecule has 1 aliphatic heterocycles. The molecule has 0 amide bonds. The Labute approximate surface area is 171 Å². The lowest BCUT2D eigenvalue weighted by Crippen LogP contribution is -2.34. The third-order valence-electron chi connectivity index (χ3n) is 5.33. The Hall–Kier alpha value is -3.78. The molecule has 2 heteroatoms. The van der Waals surface area contributed by atoms with Crippen LogP contribution in [0.25, 0.3) is 11.3 Å². The van der Waals surface area contributed by atoms with E-state index in [-0.39, 0.29) is 6.04 Å². The molecular formula is C27H22N2. The third kappa shape index (κ3) is 3.30. The molecule has 2 nitrogen and oxygen atoms in total. The van der Waals surface area contributed by atoms with Gasteiger partial charge in [0.2, 0.25) is 0 Å². The zero-order chi connectivity index (χ0) is 19.5. The largest absolute Gasteiger partial charge is 0.296 e. The highest BCUT2D eigenvalue weighted by Gasteiger charge is 2.35. The molecule has 1 aliphatic rings. The molecule has 0 saturated heterocycles. The molecular weight excluding hydrogens is 352 g/mol. The summed E-state index contributed by atoms with van der Waals surface area (Å²) in [6.45, 7) is 0. The number of para-hydroxylation sites is 1. The van der Waals surface area contributed by atoms with Crippen molar-refractivity contribution in [2.45, 2.75) is 6.04 Å². The zero-order valence-corrected chi connectivity index (χ0v) is 16.1. The molecule has 1 atom stereocenters. The van der Waals surface area contributed by atoms with E-state index in [9.17, 15) is 0 Å². The molecule has 140 valence electrons. The second kappa shape index (κ2) is 7.69. The molecule has 0 aromatic heterocycles. The number of rotatable bonds is 4. The molecule has 0 aliphatic carbocycles. The highest BCUT2D eigenvalue weighted by atomic mass is 15.5. The van der Waals surface area contributed by atoms with Crippen molar-refractivity contribution in [3.63, 3.8) is 0 Å². The first kappa shape index (κ1) is 17.3. The molecule has 4 aromatic carbocycles. The van der Waals surface area contributed by atoms with Crippen LogP contribution in [-0.2, 0) is 0 Å². The van der Waals surface area contributed by atoms with Gasteiger partial charge in [-0.25, -0.2) is 0 Å². The molecule has 0 saturated carbocycles. The number of benzene rings is 4. The van der Waals surface area contributed by atoms with Crippen LogP contribution < -0.4 is 10.4 Å². The van der Waals surface area contributed by atoms with Gasteiger partial charge in [-0.1, -0.05) is 109 Å². The van der Waals surface area contributed by atoms with Crippen molar-refractivity contribution in [1.82, 2.24) is 5.43 Å². The minimum absolute atomic E-state index is 0.0659. The monoisotopic (exact) mass is 374 g/mol. The van der Waals surface area contributed by atoms with Crippen molar-refractivity contribution in [2.24, 2.45) is 0 Å². The zero-order valence-electron chi connectivity index (χ0n) is 16.1. The molecule has 1 heterocycles. The van der Waals surface area contributed by atoms with Gasteiger partial charge in [0.25, 0.3) is 0 Å². The van der Waals surface area contributed by atoms with Crippen LogP contribution in [0.2, 0.25) is 0 Å². The van der Waals surface area contributed by atoms with E-state index in [1.54, 1.807) is 0 Å². The molecule has 0 fully saturated rings. The van der Waals surface area contributed by atoms with Gasteiger partial charge in [0, 0.05) is 5.57 Å². The standard InChI is InChI=1S/C27H22N2/c1-5-13-21(14-6-1)25-26(22-15-7-2-8-16-22)28-29(24-19-11-4-12-20-24)27(25)23-17-9-3-10-18-23/h1-20,27-28H. The molecule has 0 bridgehead atoms. The highest BCUT2D eigenvalue weighted by molar-refractivity contribution is 5.97. The average Bonchev–Trinajstić information content (AvgIpc) is 3.22. The summed E-state index contributed by atoms with van der Waals surface area (Å²) in [4.78, 5) is 0. The minimum atomic E-state index is 0.0659. The molecule has 1 N–H and O–H groups in total. The number of anilines is 1. The second-order valence-electron chi connectivity index (χ2n) is 7.15. The number of nitrogens with one attached hydrogen (secondary N) is 1. The van der Waals surface area contributed by atoms with Gasteiger partial charge in [0.05, 0.1) is 11.4 Å². The maximum Gasteiger partial charge on any atom is 0.103 e. The maximum absolute atomic E-state index is 3.73. The number of hydrogen-bond acceptors (Lipinski definition) is 2. The molecule has 5 rings (SSSR count). The summed E-state index contributed by atoms with van der Waals surface area (Å²) < 4.78 is 0. The Morgan fingerprint density at radius 1 is 0.517 bits per heavy atom. The fourth-order valence-corrected chi connectivity index (χ4v) is 4.01. The number of hydrazine groups is 1.